The number of rotatable bonds is 4. The molecule has 1 saturated heterocycles. The summed E-state index contributed by atoms with van der Waals surface area (Å²) in [6, 6.07) is 7.23. The molecular weight excluding hydrogens is 304 g/mol. The fraction of sp³-hybridized carbons (Fsp3) is 0.400. The first-order valence-electron chi connectivity index (χ1n) is 7.29. The summed E-state index contributed by atoms with van der Waals surface area (Å²) in [4.78, 5) is 16.3. The van der Waals surface area contributed by atoms with Crippen LogP contribution in [0.5, 0.6) is 0 Å². The molecule has 1 aliphatic rings. The average Bonchev–Trinajstić information content (AvgIpc) is 3.02. The zero-order valence-corrected chi connectivity index (χ0v) is 12.8. The van der Waals surface area contributed by atoms with Gasteiger partial charge in [0.15, 0.2) is 0 Å². The topological polar surface area (TPSA) is 80.1 Å². The molecular formula is C15H17ClN4O2. The molecule has 116 valence electrons. The molecule has 0 spiro atoms. The maximum absolute atomic E-state index is 12.0. The van der Waals surface area contributed by atoms with Gasteiger partial charge in [-0.15, -0.1) is 0 Å². The van der Waals surface area contributed by atoms with Gasteiger partial charge >= 0.3 is 0 Å². The summed E-state index contributed by atoms with van der Waals surface area (Å²) in [5, 5.41) is 10.6. The first-order chi connectivity index (χ1) is 10.7. The Morgan fingerprint density at radius 3 is 3.00 bits per heavy atom. The van der Waals surface area contributed by atoms with Crippen LogP contribution < -0.4 is 10.6 Å². The summed E-state index contributed by atoms with van der Waals surface area (Å²) in [5.74, 6) is 0.964. The van der Waals surface area contributed by atoms with Gasteiger partial charge in [0.25, 0.3) is 0 Å². The number of aromatic nitrogens is 2. The van der Waals surface area contributed by atoms with Crippen molar-refractivity contribution in [2.24, 2.45) is 5.92 Å². The Kier molecular flexibility index (Phi) is 4.70. The van der Waals surface area contributed by atoms with Gasteiger partial charge < -0.3 is 15.2 Å². The van der Waals surface area contributed by atoms with E-state index in [1.165, 1.54) is 0 Å². The van der Waals surface area contributed by atoms with Crippen molar-refractivity contribution < 1.29 is 9.32 Å². The zero-order valence-electron chi connectivity index (χ0n) is 12.0. The number of hydrogen-bond donors (Lipinski definition) is 2. The molecule has 1 aromatic heterocycles. The lowest BCUT2D eigenvalue weighted by atomic mass is 9.97. The van der Waals surface area contributed by atoms with Crippen molar-refractivity contribution in [1.29, 1.82) is 0 Å². The molecule has 1 amide bonds. The molecule has 0 atom stereocenters. The Morgan fingerprint density at radius 1 is 1.41 bits per heavy atom. The van der Waals surface area contributed by atoms with Gasteiger partial charge in [-0.3, -0.25) is 4.79 Å². The lowest BCUT2D eigenvalue weighted by Gasteiger charge is -2.21. The van der Waals surface area contributed by atoms with Crippen molar-refractivity contribution in [3.8, 4) is 11.4 Å². The van der Waals surface area contributed by atoms with E-state index in [-0.39, 0.29) is 18.4 Å². The van der Waals surface area contributed by atoms with E-state index < -0.39 is 0 Å². The molecule has 0 saturated carbocycles. The Labute approximate surface area is 133 Å². The van der Waals surface area contributed by atoms with E-state index in [1.807, 2.05) is 12.1 Å². The fourth-order valence-electron chi connectivity index (χ4n) is 2.46. The maximum Gasteiger partial charge on any atom is 0.246 e. The molecule has 22 heavy (non-hydrogen) atoms. The van der Waals surface area contributed by atoms with Crippen LogP contribution in [0, 0.1) is 5.92 Å². The summed E-state index contributed by atoms with van der Waals surface area (Å²) in [6.07, 6.45) is 1.73. The van der Waals surface area contributed by atoms with E-state index >= 15 is 0 Å². The van der Waals surface area contributed by atoms with E-state index in [2.05, 4.69) is 20.8 Å². The van der Waals surface area contributed by atoms with Crippen LogP contribution in [-0.2, 0) is 11.3 Å². The average molecular weight is 321 g/mol. The Morgan fingerprint density at radius 2 is 2.23 bits per heavy atom. The molecule has 1 fully saturated rings. The molecule has 1 aromatic carbocycles. The van der Waals surface area contributed by atoms with Crippen molar-refractivity contribution in [3.05, 3.63) is 35.2 Å². The van der Waals surface area contributed by atoms with Crippen molar-refractivity contribution in [1.82, 2.24) is 20.8 Å². The summed E-state index contributed by atoms with van der Waals surface area (Å²) in [6.45, 7) is 2.02. The van der Waals surface area contributed by atoms with Gasteiger partial charge in [-0.1, -0.05) is 28.9 Å². The van der Waals surface area contributed by atoms with Crippen LogP contribution in [0.3, 0.4) is 0 Å². The minimum atomic E-state index is 0.0454. The van der Waals surface area contributed by atoms with Gasteiger partial charge in [-0.25, -0.2) is 0 Å². The second-order valence-corrected chi connectivity index (χ2v) is 5.70. The van der Waals surface area contributed by atoms with Crippen LogP contribution in [0.15, 0.2) is 28.8 Å². The summed E-state index contributed by atoms with van der Waals surface area (Å²) < 4.78 is 5.17. The van der Waals surface area contributed by atoms with Crippen LogP contribution >= 0.6 is 11.6 Å². The number of benzene rings is 1. The van der Waals surface area contributed by atoms with Gasteiger partial charge in [0.1, 0.15) is 0 Å². The number of nitrogens with zero attached hydrogens (tertiary/aromatic N) is 2. The summed E-state index contributed by atoms with van der Waals surface area (Å²) in [7, 11) is 0. The molecule has 2 aromatic rings. The Balaban J connectivity index is 1.59. The SMILES string of the molecule is O=C(NCc1nc(-c2cccc(Cl)c2)no1)C1CCNCC1. The predicted molar refractivity (Wildman–Crippen MR) is 82.2 cm³/mol. The van der Waals surface area contributed by atoms with Crippen molar-refractivity contribution in [2.75, 3.05) is 13.1 Å². The van der Waals surface area contributed by atoms with Crippen LogP contribution in [0.4, 0.5) is 0 Å². The molecule has 1 aliphatic heterocycles. The Bertz CT molecular complexity index is 652. The lowest BCUT2D eigenvalue weighted by molar-refractivity contribution is -0.126. The second kappa shape index (κ2) is 6.89. The second-order valence-electron chi connectivity index (χ2n) is 5.26. The van der Waals surface area contributed by atoms with Gasteiger partial charge in [0, 0.05) is 16.5 Å². The normalized spacial score (nSPS) is 15.7. The number of hydrogen-bond acceptors (Lipinski definition) is 5. The molecule has 2 heterocycles. The number of amides is 1. The van der Waals surface area contributed by atoms with E-state index in [0.717, 1.165) is 31.5 Å². The molecule has 6 nitrogen and oxygen atoms in total. The van der Waals surface area contributed by atoms with Crippen LogP contribution in [0.1, 0.15) is 18.7 Å². The van der Waals surface area contributed by atoms with E-state index in [4.69, 9.17) is 16.1 Å². The number of nitrogens with one attached hydrogen (secondary N) is 2. The molecule has 2 N–H and O–H groups in total. The minimum absolute atomic E-state index is 0.0454. The third kappa shape index (κ3) is 3.64. The monoisotopic (exact) mass is 320 g/mol. The van der Waals surface area contributed by atoms with Crippen molar-refractivity contribution in [3.63, 3.8) is 0 Å². The van der Waals surface area contributed by atoms with Crippen molar-refractivity contribution >= 4 is 17.5 Å². The van der Waals surface area contributed by atoms with E-state index in [1.54, 1.807) is 12.1 Å². The Hall–Kier alpha value is -1.92. The molecule has 3 rings (SSSR count). The highest BCUT2D eigenvalue weighted by atomic mass is 35.5. The number of halogens is 1. The smallest absolute Gasteiger partial charge is 0.246 e. The van der Waals surface area contributed by atoms with Gasteiger partial charge in [-0.05, 0) is 38.1 Å². The highest BCUT2D eigenvalue weighted by Gasteiger charge is 2.21. The third-order valence-electron chi connectivity index (χ3n) is 3.67. The molecule has 0 aliphatic carbocycles. The largest absolute Gasteiger partial charge is 0.347 e. The summed E-state index contributed by atoms with van der Waals surface area (Å²) >= 11 is 5.94. The van der Waals surface area contributed by atoms with Gasteiger partial charge in [0.2, 0.25) is 17.6 Å². The molecule has 7 heteroatoms. The zero-order chi connectivity index (χ0) is 15.4. The van der Waals surface area contributed by atoms with Gasteiger partial charge in [0.05, 0.1) is 6.54 Å². The number of carbonyl (C=O) groups excluding carboxylic acids is 1. The third-order valence-corrected chi connectivity index (χ3v) is 3.91. The van der Waals surface area contributed by atoms with Crippen LogP contribution in [0.25, 0.3) is 11.4 Å². The first kappa shape index (κ1) is 15.0. The van der Waals surface area contributed by atoms with Crippen molar-refractivity contribution in [2.45, 2.75) is 19.4 Å². The highest BCUT2D eigenvalue weighted by Crippen LogP contribution is 2.20. The summed E-state index contributed by atoms with van der Waals surface area (Å²) in [5.41, 5.74) is 0.784. The number of piperidine rings is 1. The molecule has 0 unspecified atom stereocenters. The lowest BCUT2D eigenvalue weighted by Crippen LogP contribution is -2.37. The fourth-order valence-corrected chi connectivity index (χ4v) is 2.65. The van der Waals surface area contributed by atoms with Crippen LogP contribution in [0.2, 0.25) is 5.02 Å². The number of carbonyl (C=O) groups is 1. The first-order valence-corrected chi connectivity index (χ1v) is 7.67. The quantitative estimate of drug-likeness (QED) is 0.900. The molecule has 0 bridgehead atoms. The van der Waals surface area contributed by atoms with Crippen LogP contribution in [-0.4, -0.2) is 29.1 Å². The molecule has 0 radical (unpaired) electrons. The minimum Gasteiger partial charge on any atom is -0.347 e. The predicted octanol–water partition coefficient (Wildman–Crippen LogP) is 2.01. The van der Waals surface area contributed by atoms with Gasteiger partial charge in [-0.2, -0.15) is 4.98 Å². The standard InChI is InChI=1S/C15H17ClN4O2/c16-12-3-1-2-11(8-12)14-19-13(22-20-14)9-18-15(21)10-4-6-17-7-5-10/h1-3,8,10,17H,4-7,9H2,(H,18,21). The van der Waals surface area contributed by atoms with E-state index in [0.29, 0.717) is 16.7 Å². The van der Waals surface area contributed by atoms with E-state index in [9.17, 15) is 4.79 Å². The highest BCUT2D eigenvalue weighted by molar-refractivity contribution is 6.30. The maximum atomic E-state index is 12.0.